The molecular weight excluding hydrogens is 272 g/mol. The lowest BCUT2D eigenvalue weighted by molar-refractivity contribution is -0.384. The van der Waals surface area contributed by atoms with Crippen molar-refractivity contribution in [1.29, 1.82) is 0 Å². The van der Waals surface area contributed by atoms with Gasteiger partial charge in [0.25, 0.3) is 11.6 Å². The first-order valence-corrected chi connectivity index (χ1v) is 6.75. The number of carbonyl (C=O) groups is 1. The van der Waals surface area contributed by atoms with Crippen LogP contribution in [0.1, 0.15) is 23.3 Å². The van der Waals surface area contributed by atoms with Crippen molar-refractivity contribution in [2.45, 2.75) is 12.8 Å². The molecule has 1 saturated heterocycles. The number of rotatable bonds is 3. The fourth-order valence-electron chi connectivity index (χ4n) is 2.39. The molecule has 1 aliphatic heterocycles. The molecule has 7 heteroatoms. The summed E-state index contributed by atoms with van der Waals surface area (Å²) >= 11 is 0. The summed E-state index contributed by atoms with van der Waals surface area (Å²) in [5.74, 6) is -0.0619. The first-order valence-electron chi connectivity index (χ1n) is 6.75. The molecule has 0 bridgehead atoms. The van der Waals surface area contributed by atoms with Gasteiger partial charge in [-0.05, 0) is 31.0 Å². The van der Waals surface area contributed by atoms with E-state index in [1.165, 1.54) is 12.1 Å². The standard InChI is InChI=1S/C14H14N4O3/c19-14(16-8-1-2-9-16)13-7-10-17(15-13)11-3-5-12(6-4-11)18(20)21/h3-7,10H,1-2,8-9H2. The fraction of sp³-hybridized carbons (Fsp3) is 0.286. The summed E-state index contributed by atoms with van der Waals surface area (Å²) in [6.45, 7) is 1.56. The van der Waals surface area contributed by atoms with E-state index in [2.05, 4.69) is 5.10 Å². The Hall–Kier alpha value is -2.70. The molecular formula is C14H14N4O3. The highest BCUT2D eigenvalue weighted by atomic mass is 16.6. The number of hydrogen-bond donors (Lipinski definition) is 0. The van der Waals surface area contributed by atoms with Crippen LogP contribution < -0.4 is 0 Å². The van der Waals surface area contributed by atoms with Crippen LogP contribution in [0, 0.1) is 10.1 Å². The van der Waals surface area contributed by atoms with E-state index in [-0.39, 0.29) is 11.6 Å². The quantitative estimate of drug-likeness (QED) is 0.638. The maximum Gasteiger partial charge on any atom is 0.274 e. The van der Waals surface area contributed by atoms with E-state index in [9.17, 15) is 14.9 Å². The van der Waals surface area contributed by atoms with E-state index in [1.54, 1.807) is 34.0 Å². The third-order valence-corrected chi connectivity index (χ3v) is 3.53. The molecule has 1 amide bonds. The summed E-state index contributed by atoms with van der Waals surface area (Å²) in [5, 5.41) is 14.9. The number of nitrogens with zero attached hydrogens (tertiary/aromatic N) is 4. The topological polar surface area (TPSA) is 81.3 Å². The zero-order valence-electron chi connectivity index (χ0n) is 11.3. The highest BCUT2D eigenvalue weighted by molar-refractivity contribution is 5.92. The van der Waals surface area contributed by atoms with Crippen LogP contribution in [-0.2, 0) is 0 Å². The van der Waals surface area contributed by atoms with Gasteiger partial charge in [-0.2, -0.15) is 5.10 Å². The smallest absolute Gasteiger partial charge is 0.274 e. The van der Waals surface area contributed by atoms with Crippen molar-refractivity contribution in [2.75, 3.05) is 13.1 Å². The fourth-order valence-corrected chi connectivity index (χ4v) is 2.39. The lowest BCUT2D eigenvalue weighted by Crippen LogP contribution is -2.28. The van der Waals surface area contributed by atoms with Crippen LogP contribution in [0.2, 0.25) is 0 Å². The summed E-state index contributed by atoms with van der Waals surface area (Å²) < 4.78 is 1.55. The molecule has 0 atom stereocenters. The van der Waals surface area contributed by atoms with Crippen molar-refractivity contribution in [3.05, 3.63) is 52.3 Å². The minimum Gasteiger partial charge on any atom is -0.337 e. The number of benzene rings is 1. The van der Waals surface area contributed by atoms with E-state index in [1.807, 2.05) is 0 Å². The van der Waals surface area contributed by atoms with E-state index >= 15 is 0 Å². The summed E-state index contributed by atoms with van der Waals surface area (Å²) in [6.07, 6.45) is 3.76. The molecule has 0 spiro atoms. The molecule has 0 unspecified atom stereocenters. The Kier molecular flexibility index (Phi) is 3.39. The highest BCUT2D eigenvalue weighted by Gasteiger charge is 2.21. The molecule has 1 fully saturated rings. The summed E-state index contributed by atoms with van der Waals surface area (Å²) in [7, 11) is 0. The summed E-state index contributed by atoms with van der Waals surface area (Å²) in [4.78, 5) is 24.2. The Morgan fingerprint density at radius 2 is 1.81 bits per heavy atom. The van der Waals surface area contributed by atoms with Gasteiger partial charge in [0.05, 0.1) is 10.6 Å². The van der Waals surface area contributed by atoms with E-state index in [0.717, 1.165) is 25.9 Å². The second kappa shape index (κ2) is 5.35. The molecule has 7 nitrogen and oxygen atoms in total. The molecule has 21 heavy (non-hydrogen) atoms. The molecule has 2 heterocycles. The zero-order chi connectivity index (χ0) is 14.8. The van der Waals surface area contributed by atoms with Crippen LogP contribution >= 0.6 is 0 Å². The average molecular weight is 286 g/mol. The molecule has 1 aliphatic rings. The predicted octanol–water partition coefficient (Wildman–Crippen LogP) is 2.02. The van der Waals surface area contributed by atoms with Crippen molar-refractivity contribution in [3.63, 3.8) is 0 Å². The van der Waals surface area contributed by atoms with E-state index in [4.69, 9.17) is 0 Å². The molecule has 2 aromatic rings. The molecule has 0 aliphatic carbocycles. The van der Waals surface area contributed by atoms with Gasteiger partial charge in [-0.15, -0.1) is 0 Å². The monoisotopic (exact) mass is 286 g/mol. The molecule has 1 aromatic heterocycles. The third kappa shape index (κ3) is 2.62. The SMILES string of the molecule is O=C(c1ccn(-c2ccc([N+](=O)[O-])cc2)n1)N1CCCC1. The van der Waals surface area contributed by atoms with Crippen LogP contribution in [0.15, 0.2) is 36.5 Å². The maximum atomic E-state index is 12.2. The Labute approximate surface area is 120 Å². The van der Waals surface area contributed by atoms with Crippen LogP contribution in [0.4, 0.5) is 5.69 Å². The van der Waals surface area contributed by atoms with Crippen molar-refractivity contribution < 1.29 is 9.72 Å². The maximum absolute atomic E-state index is 12.2. The normalized spacial score (nSPS) is 14.4. The number of hydrogen-bond acceptors (Lipinski definition) is 4. The summed E-state index contributed by atoms with van der Waals surface area (Å²) in [6, 6.07) is 7.71. The molecule has 3 rings (SSSR count). The predicted molar refractivity (Wildman–Crippen MR) is 75.4 cm³/mol. The Bertz CT molecular complexity index is 672. The van der Waals surface area contributed by atoms with Gasteiger partial charge in [0.15, 0.2) is 5.69 Å². The lowest BCUT2D eigenvalue weighted by atomic mass is 10.3. The number of non-ortho nitro benzene ring substituents is 1. The molecule has 108 valence electrons. The van der Waals surface area contributed by atoms with E-state index < -0.39 is 4.92 Å². The number of nitro benzene ring substituents is 1. The van der Waals surface area contributed by atoms with Gasteiger partial charge in [0, 0.05) is 31.4 Å². The van der Waals surface area contributed by atoms with Crippen LogP contribution in [0.3, 0.4) is 0 Å². The molecule has 0 N–H and O–H groups in total. The average Bonchev–Trinajstić information content (AvgIpc) is 3.18. The lowest BCUT2D eigenvalue weighted by Gasteiger charge is -2.12. The first kappa shape index (κ1) is 13.3. The van der Waals surface area contributed by atoms with Crippen molar-refractivity contribution in [1.82, 2.24) is 14.7 Å². The van der Waals surface area contributed by atoms with Crippen LogP contribution in [-0.4, -0.2) is 38.6 Å². The minimum absolute atomic E-state index is 0.0271. The number of likely N-dealkylation sites (tertiary alicyclic amines) is 1. The number of amides is 1. The van der Waals surface area contributed by atoms with Gasteiger partial charge in [0.1, 0.15) is 0 Å². The Morgan fingerprint density at radius 1 is 1.14 bits per heavy atom. The number of aromatic nitrogens is 2. The van der Waals surface area contributed by atoms with Gasteiger partial charge < -0.3 is 4.90 Å². The van der Waals surface area contributed by atoms with Crippen LogP contribution in [0.25, 0.3) is 5.69 Å². The molecule has 1 aromatic carbocycles. The highest BCUT2D eigenvalue weighted by Crippen LogP contribution is 2.16. The second-order valence-electron chi connectivity index (χ2n) is 4.92. The van der Waals surface area contributed by atoms with Crippen molar-refractivity contribution >= 4 is 11.6 Å². The first-order chi connectivity index (χ1) is 10.1. The van der Waals surface area contributed by atoms with Gasteiger partial charge in [-0.1, -0.05) is 0 Å². The second-order valence-corrected chi connectivity index (χ2v) is 4.92. The van der Waals surface area contributed by atoms with E-state index in [0.29, 0.717) is 11.4 Å². The van der Waals surface area contributed by atoms with Crippen molar-refractivity contribution in [2.24, 2.45) is 0 Å². The van der Waals surface area contributed by atoms with Gasteiger partial charge >= 0.3 is 0 Å². The van der Waals surface area contributed by atoms with Gasteiger partial charge in [-0.25, -0.2) is 4.68 Å². The van der Waals surface area contributed by atoms with Gasteiger partial charge in [-0.3, -0.25) is 14.9 Å². The zero-order valence-corrected chi connectivity index (χ0v) is 11.3. The van der Waals surface area contributed by atoms with Gasteiger partial charge in [0.2, 0.25) is 0 Å². The Balaban J connectivity index is 1.80. The van der Waals surface area contributed by atoms with Crippen LogP contribution in [0.5, 0.6) is 0 Å². The molecule has 0 radical (unpaired) electrons. The third-order valence-electron chi connectivity index (χ3n) is 3.53. The minimum atomic E-state index is -0.449. The number of carbonyl (C=O) groups excluding carboxylic acids is 1. The largest absolute Gasteiger partial charge is 0.337 e. The summed E-state index contributed by atoms with van der Waals surface area (Å²) in [5.41, 5.74) is 1.11. The number of nitro groups is 1. The van der Waals surface area contributed by atoms with Crippen molar-refractivity contribution in [3.8, 4) is 5.69 Å². The molecule has 0 saturated carbocycles. The Morgan fingerprint density at radius 3 is 2.43 bits per heavy atom.